The third-order valence-corrected chi connectivity index (χ3v) is 2.80. The van der Waals surface area contributed by atoms with E-state index in [1.165, 1.54) is 26.2 Å². The Bertz CT molecular complexity index is 730. The number of anilines is 1. The van der Waals surface area contributed by atoms with Crippen molar-refractivity contribution in [3.8, 4) is 0 Å². The lowest BCUT2D eigenvalue weighted by Gasteiger charge is -2.12. The molecule has 0 radical (unpaired) electrons. The molecule has 0 spiro atoms. The van der Waals surface area contributed by atoms with Crippen LogP contribution in [0.4, 0.5) is 5.69 Å². The number of imide groups is 1. The lowest BCUT2D eigenvalue weighted by Crippen LogP contribution is -2.29. The number of para-hydroxylation sites is 1. The first kappa shape index (κ1) is 19.6. The fraction of sp³-hybridized carbons (Fsp3) is 0.111. The number of hydrogen-bond donors (Lipinski definition) is 0. The average molecular weight is 343 g/mol. The molecule has 0 saturated heterocycles. The SMILES string of the molecule is C=C(C)C(=O)OC(=C)C(=O)OC.O=C1C=CC(=O)N1c1ccccc1. The Morgan fingerprint density at radius 3 is 1.92 bits per heavy atom. The average Bonchev–Trinajstić information content (AvgIpc) is 2.93. The molecule has 0 fully saturated rings. The second-order valence-corrected chi connectivity index (χ2v) is 4.77. The highest BCUT2D eigenvalue weighted by Crippen LogP contribution is 2.17. The van der Waals surface area contributed by atoms with Crippen LogP contribution in [0.3, 0.4) is 0 Å². The molecule has 130 valence electrons. The molecule has 1 aliphatic rings. The molecule has 0 bridgehead atoms. The van der Waals surface area contributed by atoms with Crippen LogP contribution in [0, 0.1) is 0 Å². The van der Waals surface area contributed by atoms with E-state index >= 15 is 0 Å². The van der Waals surface area contributed by atoms with Gasteiger partial charge in [0.05, 0.1) is 12.8 Å². The fourth-order valence-electron chi connectivity index (χ4n) is 1.59. The summed E-state index contributed by atoms with van der Waals surface area (Å²) in [6.45, 7) is 7.98. The molecule has 0 aliphatic carbocycles. The Labute approximate surface area is 144 Å². The van der Waals surface area contributed by atoms with E-state index in [2.05, 4.69) is 22.6 Å². The maximum absolute atomic E-state index is 11.2. The minimum Gasteiger partial charge on any atom is -0.463 e. The third kappa shape index (κ3) is 5.58. The van der Waals surface area contributed by atoms with Crippen LogP contribution in [0.15, 0.2) is 67.0 Å². The summed E-state index contributed by atoms with van der Waals surface area (Å²) in [5.41, 5.74) is 0.808. The summed E-state index contributed by atoms with van der Waals surface area (Å²) in [6.07, 6.45) is 2.55. The number of carbonyl (C=O) groups is 4. The summed E-state index contributed by atoms with van der Waals surface area (Å²) in [5, 5.41) is 0. The van der Waals surface area contributed by atoms with Crippen LogP contribution in [0.1, 0.15) is 6.92 Å². The molecule has 0 saturated carbocycles. The molecular weight excluding hydrogens is 326 g/mol. The highest BCUT2D eigenvalue weighted by atomic mass is 16.6. The quantitative estimate of drug-likeness (QED) is 0.359. The number of ether oxygens (including phenoxy) is 2. The molecule has 1 aromatic rings. The molecule has 1 aromatic carbocycles. The van der Waals surface area contributed by atoms with E-state index in [4.69, 9.17) is 0 Å². The normalized spacial score (nSPS) is 12.2. The molecule has 2 amide bonds. The van der Waals surface area contributed by atoms with Crippen molar-refractivity contribution in [2.24, 2.45) is 0 Å². The topological polar surface area (TPSA) is 90.0 Å². The maximum atomic E-state index is 11.2. The van der Waals surface area contributed by atoms with Gasteiger partial charge in [-0.05, 0) is 25.6 Å². The zero-order valence-electron chi connectivity index (χ0n) is 13.9. The molecular formula is C18H17NO6. The zero-order valence-corrected chi connectivity index (χ0v) is 13.9. The Kier molecular flexibility index (Phi) is 7.02. The van der Waals surface area contributed by atoms with Crippen LogP contribution in [-0.2, 0) is 28.7 Å². The van der Waals surface area contributed by atoms with Gasteiger partial charge in [-0.3, -0.25) is 9.59 Å². The van der Waals surface area contributed by atoms with E-state index in [-0.39, 0.29) is 23.1 Å². The number of nitrogens with zero attached hydrogens (tertiary/aromatic N) is 1. The molecule has 2 rings (SSSR count). The van der Waals surface area contributed by atoms with E-state index in [0.717, 1.165) is 4.90 Å². The predicted molar refractivity (Wildman–Crippen MR) is 90.1 cm³/mol. The van der Waals surface area contributed by atoms with Crippen molar-refractivity contribution in [2.45, 2.75) is 6.92 Å². The Morgan fingerprint density at radius 2 is 1.48 bits per heavy atom. The highest BCUT2D eigenvalue weighted by Gasteiger charge is 2.24. The fourth-order valence-corrected chi connectivity index (χ4v) is 1.59. The first-order chi connectivity index (χ1) is 11.8. The van der Waals surface area contributed by atoms with Gasteiger partial charge in [0.2, 0.25) is 5.76 Å². The van der Waals surface area contributed by atoms with Gasteiger partial charge < -0.3 is 9.47 Å². The number of esters is 2. The minimum atomic E-state index is -0.774. The Balaban J connectivity index is 0.000000252. The summed E-state index contributed by atoms with van der Waals surface area (Å²) in [5.74, 6) is -2.37. The lowest BCUT2D eigenvalue weighted by molar-refractivity contribution is -0.147. The van der Waals surface area contributed by atoms with Crippen molar-refractivity contribution < 1.29 is 28.7 Å². The summed E-state index contributed by atoms with van der Waals surface area (Å²) in [4.78, 5) is 45.0. The highest BCUT2D eigenvalue weighted by molar-refractivity contribution is 6.28. The zero-order chi connectivity index (χ0) is 19.0. The number of benzene rings is 1. The van der Waals surface area contributed by atoms with Crippen molar-refractivity contribution in [1.29, 1.82) is 0 Å². The molecule has 1 heterocycles. The predicted octanol–water partition coefficient (Wildman–Crippen LogP) is 1.91. The van der Waals surface area contributed by atoms with E-state index < -0.39 is 11.9 Å². The van der Waals surface area contributed by atoms with Crippen LogP contribution >= 0.6 is 0 Å². The van der Waals surface area contributed by atoms with Crippen molar-refractivity contribution in [3.63, 3.8) is 0 Å². The Hall–Kier alpha value is -3.48. The molecule has 7 heteroatoms. The molecule has 0 aromatic heterocycles. The number of methoxy groups -OCH3 is 1. The monoisotopic (exact) mass is 343 g/mol. The lowest BCUT2D eigenvalue weighted by atomic mass is 10.3. The van der Waals surface area contributed by atoms with E-state index in [9.17, 15) is 19.2 Å². The number of rotatable bonds is 4. The Morgan fingerprint density at radius 1 is 0.960 bits per heavy atom. The largest absolute Gasteiger partial charge is 0.463 e. The van der Waals surface area contributed by atoms with Gasteiger partial charge in [-0.2, -0.15) is 0 Å². The van der Waals surface area contributed by atoms with Gasteiger partial charge in [0.15, 0.2) is 0 Å². The van der Waals surface area contributed by atoms with Gasteiger partial charge >= 0.3 is 11.9 Å². The number of carbonyl (C=O) groups excluding carboxylic acids is 4. The molecule has 0 unspecified atom stereocenters. The molecule has 0 atom stereocenters. The van der Waals surface area contributed by atoms with Crippen molar-refractivity contribution in [1.82, 2.24) is 0 Å². The van der Waals surface area contributed by atoms with E-state index in [1.807, 2.05) is 6.07 Å². The maximum Gasteiger partial charge on any atom is 0.373 e. The van der Waals surface area contributed by atoms with Crippen LogP contribution in [0.2, 0.25) is 0 Å². The van der Waals surface area contributed by atoms with Gasteiger partial charge in [-0.1, -0.05) is 24.8 Å². The van der Waals surface area contributed by atoms with Crippen LogP contribution in [-0.4, -0.2) is 30.9 Å². The van der Waals surface area contributed by atoms with Gasteiger partial charge in [0.25, 0.3) is 11.8 Å². The minimum absolute atomic E-state index is 0.194. The van der Waals surface area contributed by atoms with Crippen molar-refractivity contribution >= 4 is 29.4 Å². The van der Waals surface area contributed by atoms with E-state index in [1.54, 1.807) is 24.3 Å². The smallest absolute Gasteiger partial charge is 0.373 e. The van der Waals surface area contributed by atoms with Crippen LogP contribution in [0.5, 0.6) is 0 Å². The number of amides is 2. The summed E-state index contributed by atoms with van der Waals surface area (Å²) in [6, 6.07) is 8.86. The van der Waals surface area contributed by atoms with Crippen LogP contribution < -0.4 is 4.90 Å². The van der Waals surface area contributed by atoms with Crippen molar-refractivity contribution in [2.75, 3.05) is 12.0 Å². The van der Waals surface area contributed by atoms with E-state index in [0.29, 0.717) is 5.69 Å². The molecule has 25 heavy (non-hydrogen) atoms. The second-order valence-electron chi connectivity index (χ2n) is 4.77. The standard InChI is InChI=1S/C10H7NO2.C8H10O4/c12-9-6-7-10(13)11(9)8-4-2-1-3-5-8;1-5(2)7(9)12-6(3)8(10)11-4/h1-7H;1,3H2,2,4H3. The number of hydrogen-bond acceptors (Lipinski definition) is 6. The molecule has 1 aliphatic heterocycles. The van der Waals surface area contributed by atoms with Crippen molar-refractivity contribution in [3.05, 3.63) is 67.0 Å². The summed E-state index contributed by atoms with van der Waals surface area (Å²) in [7, 11) is 1.17. The van der Waals surface area contributed by atoms with Gasteiger partial charge in [-0.25, -0.2) is 14.5 Å². The first-order valence-corrected chi connectivity index (χ1v) is 7.04. The second kappa shape index (κ2) is 8.97. The van der Waals surface area contributed by atoms with Gasteiger partial charge in [0.1, 0.15) is 0 Å². The summed E-state index contributed by atoms with van der Waals surface area (Å²) >= 11 is 0. The van der Waals surface area contributed by atoms with Gasteiger partial charge in [0, 0.05) is 17.7 Å². The third-order valence-electron chi connectivity index (χ3n) is 2.80. The molecule has 0 N–H and O–H groups in total. The summed E-state index contributed by atoms with van der Waals surface area (Å²) < 4.78 is 8.70. The first-order valence-electron chi connectivity index (χ1n) is 7.04. The van der Waals surface area contributed by atoms with Crippen LogP contribution in [0.25, 0.3) is 0 Å². The molecule has 7 nitrogen and oxygen atoms in total. The van der Waals surface area contributed by atoms with Gasteiger partial charge in [-0.15, -0.1) is 0 Å².